The van der Waals surface area contributed by atoms with Gasteiger partial charge in [0, 0.05) is 23.0 Å². The van der Waals surface area contributed by atoms with Gasteiger partial charge in [-0.15, -0.1) is 0 Å². The van der Waals surface area contributed by atoms with Crippen molar-refractivity contribution < 1.29 is 34.7 Å². The summed E-state index contributed by atoms with van der Waals surface area (Å²) in [7, 11) is 0. The van der Waals surface area contributed by atoms with E-state index in [0.717, 1.165) is 27.5 Å². The van der Waals surface area contributed by atoms with Gasteiger partial charge in [0.25, 0.3) is 0 Å². The number of aryl methyl sites for hydroxylation is 1. The molecule has 0 radical (unpaired) electrons. The number of carboxylic acid groups (broad SMARTS) is 1. The molecule has 5 atom stereocenters. The first kappa shape index (κ1) is 17.7. The van der Waals surface area contributed by atoms with Gasteiger partial charge < -0.3 is 34.9 Å². The largest absolute Gasteiger partial charge is 0.479 e. The van der Waals surface area contributed by atoms with Gasteiger partial charge >= 0.3 is 5.97 Å². The number of nitrogens with one attached hydrogen (secondary N) is 1. The summed E-state index contributed by atoms with van der Waals surface area (Å²) in [5.41, 5.74) is 2.50. The topological polar surface area (TPSA) is 145 Å². The zero-order chi connectivity index (χ0) is 19.3. The Kier molecular flexibility index (Phi) is 4.23. The van der Waals surface area contributed by atoms with Crippen LogP contribution >= 0.6 is 0 Å². The molecule has 0 amide bonds. The number of aromatic amines is 1. The maximum Gasteiger partial charge on any atom is 0.335 e. The Bertz CT molecular complexity index is 1020. The average Bonchev–Trinajstić information content (AvgIpc) is 3.01. The smallest absolute Gasteiger partial charge is 0.335 e. The standard InChI is InChI=1S/C18H18N2O7/c1-7-12-10(4-5-19-7)9-3-2-8(6-11(9)20-12)26-18-15(23)13(21)14(22)16(27-18)17(24)25/h2-6,13-16,18,20-23H,1H3,(H,24,25). The monoisotopic (exact) mass is 374 g/mol. The molecule has 9 heteroatoms. The number of ether oxygens (including phenoxy) is 2. The number of nitrogens with zero attached hydrogens (tertiary/aromatic N) is 1. The first-order chi connectivity index (χ1) is 12.9. The van der Waals surface area contributed by atoms with Crippen molar-refractivity contribution in [3.05, 3.63) is 36.2 Å². The first-order valence-corrected chi connectivity index (χ1v) is 8.33. The van der Waals surface area contributed by atoms with Gasteiger partial charge in [0.2, 0.25) is 6.29 Å². The number of H-pyrrole nitrogens is 1. The molecule has 5 unspecified atom stereocenters. The van der Waals surface area contributed by atoms with E-state index in [0.29, 0.717) is 5.75 Å². The van der Waals surface area contributed by atoms with Gasteiger partial charge in [-0.1, -0.05) is 0 Å². The maximum absolute atomic E-state index is 11.2. The Labute approximate surface area is 152 Å². The molecule has 1 aromatic carbocycles. The normalized spacial score (nSPS) is 28.5. The fraction of sp³-hybridized carbons (Fsp3) is 0.333. The molecule has 1 aliphatic rings. The highest BCUT2D eigenvalue weighted by molar-refractivity contribution is 6.08. The molecular formula is C18H18N2O7. The number of aliphatic hydroxyl groups is 3. The third-order valence-corrected chi connectivity index (χ3v) is 4.75. The highest BCUT2D eigenvalue weighted by Crippen LogP contribution is 2.31. The Balaban J connectivity index is 1.65. The van der Waals surface area contributed by atoms with Crippen LogP contribution in [0.2, 0.25) is 0 Å². The summed E-state index contributed by atoms with van der Waals surface area (Å²) in [6.45, 7) is 1.89. The number of carboxylic acids is 1. The second kappa shape index (κ2) is 6.46. The average molecular weight is 374 g/mol. The van der Waals surface area contributed by atoms with E-state index in [4.69, 9.17) is 14.6 Å². The number of hydrogen-bond donors (Lipinski definition) is 5. The second-order valence-corrected chi connectivity index (χ2v) is 6.50. The minimum atomic E-state index is -1.76. The van der Waals surface area contributed by atoms with Gasteiger partial charge in [-0.25, -0.2) is 4.79 Å². The van der Waals surface area contributed by atoms with Gasteiger partial charge in [0.05, 0.1) is 16.7 Å². The Morgan fingerprint density at radius 2 is 1.93 bits per heavy atom. The zero-order valence-corrected chi connectivity index (χ0v) is 14.2. The minimum Gasteiger partial charge on any atom is -0.479 e. The third-order valence-electron chi connectivity index (χ3n) is 4.75. The Morgan fingerprint density at radius 3 is 2.67 bits per heavy atom. The number of fused-ring (bicyclic) bond motifs is 3. The molecule has 1 fully saturated rings. The van der Waals surface area contributed by atoms with Gasteiger partial charge in [0.1, 0.15) is 24.1 Å². The van der Waals surface area contributed by atoms with E-state index in [1.54, 1.807) is 18.3 Å². The molecule has 5 N–H and O–H groups in total. The molecule has 9 nitrogen and oxygen atoms in total. The van der Waals surface area contributed by atoms with Crippen LogP contribution in [0.4, 0.5) is 0 Å². The summed E-state index contributed by atoms with van der Waals surface area (Å²) in [6.07, 6.45) is -6.52. The van der Waals surface area contributed by atoms with Gasteiger partial charge in [-0.3, -0.25) is 4.98 Å². The molecule has 0 aliphatic carbocycles. The van der Waals surface area contributed by atoms with Crippen LogP contribution in [0, 0.1) is 6.92 Å². The number of aliphatic hydroxyl groups excluding tert-OH is 3. The summed E-state index contributed by atoms with van der Waals surface area (Å²) in [5, 5.41) is 40.7. The second-order valence-electron chi connectivity index (χ2n) is 6.50. The van der Waals surface area contributed by atoms with Crippen LogP contribution in [-0.2, 0) is 9.53 Å². The quantitative estimate of drug-likeness (QED) is 0.440. The van der Waals surface area contributed by atoms with E-state index >= 15 is 0 Å². The number of carbonyl (C=O) groups is 1. The van der Waals surface area contributed by atoms with E-state index in [1.807, 2.05) is 19.1 Å². The highest BCUT2D eigenvalue weighted by Gasteiger charge is 2.48. The van der Waals surface area contributed by atoms with E-state index in [9.17, 15) is 20.1 Å². The number of rotatable bonds is 3. The molecule has 3 heterocycles. The molecule has 2 aromatic heterocycles. The van der Waals surface area contributed by atoms with Crippen molar-refractivity contribution in [3.63, 3.8) is 0 Å². The van der Waals surface area contributed by atoms with Crippen LogP contribution in [0.1, 0.15) is 5.69 Å². The van der Waals surface area contributed by atoms with Crippen molar-refractivity contribution >= 4 is 27.8 Å². The van der Waals surface area contributed by atoms with Crippen LogP contribution in [-0.4, -0.2) is 67.1 Å². The lowest BCUT2D eigenvalue weighted by Gasteiger charge is -2.38. The van der Waals surface area contributed by atoms with Crippen LogP contribution in [0.15, 0.2) is 30.5 Å². The summed E-state index contributed by atoms with van der Waals surface area (Å²) in [4.78, 5) is 18.7. The minimum absolute atomic E-state index is 0.302. The fourth-order valence-electron chi connectivity index (χ4n) is 3.30. The molecular weight excluding hydrogens is 356 g/mol. The van der Waals surface area contributed by atoms with Crippen LogP contribution < -0.4 is 4.74 Å². The van der Waals surface area contributed by atoms with E-state index in [-0.39, 0.29) is 0 Å². The lowest BCUT2D eigenvalue weighted by molar-refractivity contribution is -0.271. The number of hydrogen-bond acceptors (Lipinski definition) is 7. The molecule has 0 saturated carbocycles. The van der Waals surface area contributed by atoms with Crippen LogP contribution in [0.5, 0.6) is 5.75 Å². The van der Waals surface area contributed by atoms with Crippen molar-refractivity contribution in [2.75, 3.05) is 0 Å². The lowest BCUT2D eigenvalue weighted by Crippen LogP contribution is -2.61. The summed E-state index contributed by atoms with van der Waals surface area (Å²) in [5.74, 6) is -1.16. The van der Waals surface area contributed by atoms with E-state index in [1.165, 1.54) is 0 Å². The maximum atomic E-state index is 11.2. The van der Waals surface area contributed by atoms with E-state index in [2.05, 4.69) is 9.97 Å². The fourth-order valence-corrected chi connectivity index (χ4v) is 3.30. The SMILES string of the molecule is Cc1nccc2c1[nH]c1cc(OC3OC(C(=O)O)C(O)C(O)C3O)ccc12. The molecule has 4 rings (SSSR count). The number of aliphatic carboxylic acids is 1. The number of benzene rings is 1. The zero-order valence-electron chi connectivity index (χ0n) is 14.2. The van der Waals surface area contributed by atoms with Crippen LogP contribution in [0.3, 0.4) is 0 Å². The molecule has 27 heavy (non-hydrogen) atoms. The molecule has 142 valence electrons. The van der Waals surface area contributed by atoms with Gasteiger partial charge in [-0.2, -0.15) is 0 Å². The molecule has 0 spiro atoms. The summed E-state index contributed by atoms with van der Waals surface area (Å²) in [6, 6.07) is 7.04. The predicted octanol–water partition coefficient (Wildman–Crippen LogP) is 0.296. The van der Waals surface area contributed by atoms with Crippen molar-refractivity contribution in [2.45, 2.75) is 37.6 Å². The molecule has 3 aromatic rings. The number of pyridine rings is 1. The molecule has 0 bridgehead atoms. The molecule has 1 aliphatic heterocycles. The highest BCUT2D eigenvalue weighted by atomic mass is 16.7. The lowest BCUT2D eigenvalue weighted by atomic mass is 9.99. The van der Waals surface area contributed by atoms with Crippen molar-refractivity contribution in [1.82, 2.24) is 9.97 Å². The molecule has 1 saturated heterocycles. The Hall–Kier alpha value is -2.72. The number of aromatic nitrogens is 2. The van der Waals surface area contributed by atoms with Gasteiger partial charge in [0.15, 0.2) is 6.10 Å². The summed E-state index contributed by atoms with van der Waals surface area (Å²) >= 11 is 0. The van der Waals surface area contributed by atoms with E-state index < -0.39 is 36.7 Å². The Morgan fingerprint density at radius 1 is 1.15 bits per heavy atom. The summed E-state index contributed by atoms with van der Waals surface area (Å²) < 4.78 is 10.7. The van der Waals surface area contributed by atoms with Crippen molar-refractivity contribution in [2.24, 2.45) is 0 Å². The van der Waals surface area contributed by atoms with Crippen molar-refractivity contribution in [1.29, 1.82) is 0 Å². The van der Waals surface area contributed by atoms with Crippen LogP contribution in [0.25, 0.3) is 21.8 Å². The van der Waals surface area contributed by atoms with Gasteiger partial charge in [-0.05, 0) is 25.1 Å². The first-order valence-electron chi connectivity index (χ1n) is 8.33. The van der Waals surface area contributed by atoms with Crippen molar-refractivity contribution in [3.8, 4) is 5.75 Å². The predicted molar refractivity (Wildman–Crippen MR) is 93.3 cm³/mol. The third kappa shape index (κ3) is 2.90.